The van der Waals surface area contributed by atoms with Gasteiger partial charge >= 0.3 is 0 Å². The monoisotopic (exact) mass is 221 g/mol. The quantitative estimate of drug-likeness (QED) is 0.779. The van der Waals surface area contributed by atoms with E-state index in [9.17, 15) is 0 Å². The van der Waals surface area contributed by atoms with E-state index in [0.717, 1.165) is 29.2 Å². The first kappa shape index (κ1) is 10.4. The number of hydrogen-bond donors (Lipinski definition) is 2. The van der Waals surface area contributed by atoms with Crippen LogP contribution in [0.5, 0.6) is 0 Å². The van der Waals surface area contributed by atoms with E-state index in [0.29, 0.717) is 0 Å². The molecule has 15 heavy (non-hydrogen) atoms. The van der Waals surface area contributed by atoms with E-state index in [4.69, 9.17) is 0 Å². The zero-order valence-electron chi connectivity index (χ0n) is 8.99. The lowest BCUT2D eigenvalue weighted by atomic mass is 10.2. The molecule has 0 fully saturated rings. The average Bonchev–Trinajstić information content (AvgIpc) is 2.57. The lowest BCUT2D eigenvalue weighted by molar-refractivity contribution is 0.981. The molecule has 2 aromatic rings. The first-order valence-corrected chi connectivity index (χ1v) is 5.62. The highest BCUT2D eigenvalue weighted by atomic mass is 32.1. The summed E-state index contributed by atoms with van der Waals surface area (Å²) in [5.74, 6) is 1.82. The number of aryl methyl sites for hydroxylation is 1. The van der Waals surface area contributed by atoms with Crippen LogP contribution in [-0.4, -0.2) is 29.3 Å². The molecule has 80 valence electrons. The van der Waals surface area contributed by atoms with Gasteiger partial charge in [0.15, 0.2) is 0 Å². The maximum Gasteiger partial charge on any atom is 0.104 e. The Labute approximate surface area is 94.9 Å². The number of anilines is 1. The van der Waals surface area contributed by atoms with Gasteiger partial charge in [0.05, 0.1) is 11.0 Å². The number of imidazole rings is 1. The first-order chi connectivity index (χ1) is 7.20. The van der Waals surface area contributed by atoms with Gasteiger partial charge in [0.25, 0.3) is 0 Å². The molecular weight excluding hydrogens is 206 g/mol. The molecule has 0 atom stereocenters. The smallest absolute Gasteiger partial charge is 0.104 e. The molecule has 2 rings (SSSR count). The Balaban J connectivity index is 2.37. The lowest BCUT2D eigenvalue weighted by Gasteiger charge is -2.17. The predicted octanol–water partition coefficient (Wildman–Crippen LogP) is 2.24. The molecule has 4 heteroatoms. The molecule has 3 nitrogen and oxygen atoms in total. The van der Waals surface area contributed by atoms with Gasteiger partial charge in [0, 0.05) is 25.0 Å². The van der Waals surface area contributed by atoms with E-state index >= 15 is 0 Å². The Hall–Kier alpha value is -1.16. The van der Waals surface area contributed by atoms with Crippen LogP contribution >= 0.6 is 12.6 Å². The SMILES string of the molecule is Cc1nc2ccc(N(C)CCS)cc2[nH]1. The van der Waals surface area contributed by atoms with Crippen molar-refractivity contribution in [3.63, 3.8) is 0 Å². The molecule has 0 radical (unpaired) electrons. The van der Waals surface area contributed by atoms with Gasteiger partial charge < -0.3 is 9.88 Å². The number of nitrogens with one attached hydrogen (secondary N) is 1. The zero-order chi connectivity index (χ0) is 10.8. The van der Waals surface area contributed by atoms with Gasteiger partial charge in [-0.05, 0) is 25.1 Å². The summed E-state index contributed by atoms with van der Waals surface area (Å²) in [5, 5.41) is 0. The van der Waals surface area contributed by atoms with Crippen LogP contribution in [0.4, 0.5) is 5.69 Å². The number of rotatable bonds is 3. The van der Waals surface area contributed by atoms with Crippen LogP contribution in [0.1, 0.15) is 5.82 Å². The van der Waals surface area contributed by atoms with Gasteiger partial charge in [-0.1, -0.05) is 0 Å². The number of thiol groups is 1. The van der Waals surface area contributed by atoms with Crippen molar-refractivity contribution in [3.05, 3.63) is 24.0 Å². The van der Waals surface area contributed by atoms with Gasteiger partial charge in [0.1, 0.15) is 5.82 Å². The van der Waals surface area contributed by atoms with Crippen LogP contribution in [0.2, 0.25) is 0 Å². The number of fused-ring (bicyclic) bond motifs is 1. The summed E-state index contributed by atoms with van der Waals surface area (Å²) in [5.41, 5.74) is 3.31. The van der Waals surface area contributed by atoms with Crippen molar-refractivity contribution in [1.82, 2.24) is 9.97 Å². The van der Waals surface area contributed by atoms with Crippen LogP contribution in [0, 0.1) is 6.92 Å². The molecule has 0 unspecified atom stereocenters. The number of nitrogens with zero attached hydrogens (tertiary/aromatic N) is 2. The van der Waals surface area contributed by atoms with Crippen molar-refractivity contribution in [3.8, 4) is 0 Å². The van der Waals surface area contributed by atoms with Crippen molar-refractivity contribution in [2.24, 2.45) is 0 Å². The Morgan fingerprint density at radius 3 is 3.00 bits per heavy atom. The first-order valence-electron chi connectivity index (χ1n) is 4.99. The van der Waals surface area contributed by atoms with Crippen LogP contribution in [0.15, 0.2) is 18.2 Å². The second-order valence-corrected chi connectivity index (χ2v) is 4.12. The summed E-state index contributed by atoms with van der Waals surface area (Å²) in [6.45, 7) is 2.92. The maximum absolute atomic E-state index is 4.37. The Bertz CT molecular complexity index is 464. The fraction of sp³-hybridized carbons (Fsp3) is 0.364. The number of aromatic amines is 1. The Morgan fingerprint density at radius 2 is 2.27 bits per heavy atom. The summed E-state index contributed by atoms with van der Waals surface area (Å²) >= 11 is 4.23. The Morgan fingerprint density at radius 1 is 1.47 bits per heavy atom. The minimum absolute atomic E-state index is 0.858. The minimum Gasteiger partial charge on any atom is -0.374 e. The van der Waals surface area contributed by atoms with E-state index in [2.05, 4.69) is 46.7 Å². The molecule has 0 saturated carbocycles. The molecule has 0 aliphatic rings. The second kappa shape index (κ2) is 4.14. The van der Waals surface area contributed by atoms with Crippen molar-refractivity contribution in [2.75, 3.05) is 24.2 Å². The number of benzene rings is 1. The number of aromatic nitrogens is 2. The minimum atomic E-state index is 0.858. The van der Waals surface area contributed by atoms with E-state index in [1.165, 1.54) is 5.69 Å². The van der Waals surface area contributed by atoms with E-state index < -0.39 is 0 Å². The predicted molar refractivity (Wildman–Crippen MR) is 68.0 cm³/mol. The topological polar surface area (TPSA) is 31.9 Å². The molecule has 1 heterocycles. The van der Waals surface area contributed by atoms with E-state index in [1.54, 1.807) is 0 Å². The van der Waals surface area contributed by atoms with Crippen LogP contribution < -0.4 is 4.90 Å². The van der Waals surface area contributed by atoms with Crippen molar-refractivity contribution in [2.45, 2.75) is 6.92 Å². The summed E-state index contributed by atoms with van der Waals surface area (Å²) < 4.78 is 0. The molecule has 0 spiro atoms. The third-order valence-corrected chi connectivity index (χ3v) is 2.66. The van der Waals surface area contributed by atoms with Crippen LogP contribution in [-0.2, 0) is 0 Å². The maximum atomic E-state index is 4.37. The highest BCUT2D eigenvalue weighted by molar-refractivity contribution is 7.80. The summed E-state index contributed by atoms with van der Waals surface area (Å²) in [4.78, 5) is 9.79. The average molecular weight is 221 g/mol. The van der Waals surface area contributed by atoms with Gasteiger partial charge in [-0.3, -0.25) is 0 Å². The van der Waals surface area contributed by atoms with Crippen LogP contribution in [0.25, 0.3) is 11.0 Å². The number of H-pyrrole nitrogens is 1. The van der Waals surface area contributed by atoms with E-state index in [1.807, 2.05) is 13.0 Å². The summed E-state index contributed by atoms with van der Waals surface area (Å²) in [6.07, 6.45) is 0. The van der Waals surface area contributed by atoms with Gasteiger partial charge in [-0.25, -0.2) is 4.98 Å². The Kier molecular flexibility index (Phi) is 2.86. The third kappa shape index (κ3) is 2.09. The highest BCUT2D eigenvalue weighted by Gasteiger charge is 2.03. The summed E-state index contributed by atoms with van der Waals surface area (Å²) in [6, 6.07) is 6.26. The van der Waals surface area contributed by atoms with Gasteiger partial charge in [-0.2, -0.15) is 12.6 Å². The molecule has 0 aliphatic carbocycles. The molecule has 1 N–H and O–H groups in total. The largest absolute Gasteiger partial charge is 0.374 e. The third-order valence-electron chi connectivity index (χ3n) is 2.46. The highest BCUT2D eigenvalue weighted by Crippen LogP contribution is 2.19. The van der Waals surface area contributed by atoms with Crippen LogP contribution in [0.3, 0.4) is 0 Å². The fourth-order valence-corrected chi connectivity index (χ4v) is 1.94. The molecule has 1 aromatic heterocycles. The van der Waals surface area contributed by atoms with Crippen molar-refractivity contribution < 1.29 is 0 Å². The molecule has 0 saturated heterocycles. The lowest BCUT2D eigenvalue weighted by Crippen LogP contribution is -2.19. The standard InChI is InChI=1S/C11H15N3S/c1-8-12-10-4-3-9(7-11(10)13-8)14(2)5-6-15/h3-4,7,15H,5-6H2,1-2H3,(H,12,13). The van der Waals surface area contributed by atoms with Gasteiger partial charge in [-0.15, -0.1) is 0 Å². The molecule has 0 amide bonds. The molecule has 0 aliphatic heterocycles. The number of hydrogen-bond acceptors (Lipinski definition) is 3. The van der Waals surface area contributed by atoms with E-state index in [-0.39, 0.29) is 0 Å². The molecular formula is C11H15N3S. The van der Waals surface area contributed by atoms with Crippen molar-refractivity contribution in [1.29, 1.82) is 0 Å². The molecule has 0 bridgehead atoms. The summed E-state index contributed by atoms with van der Waals surface area (Å²) in [7, 11) is 2.07. The normalized spacial score (nSPS) is 10.9. The fourth-order valence-electron chi connectivity index (χ4n) is 1.64. The zero-order valence-corrected chi connectivity index (χ0v) is 9.88. The van der Waals surface area contributed by atoms with Crippen molar-refractivity contribution >= 4 is 29.3 Å². The molecule has 1 aromatic carbocycles. The van der Waals surface area contributed by atoms with Gasteiger partial charge in [0.2, 0.25) is 0 Å². The second-order valence-electron chi connectivity index (χ2n) is 3.67.